The van der Waals surface area contributed by atoms with Crippen LogP contribution in [-0.4, -0.2) is 86.8 Å². The molecule has 2 aliphatic heterocycles. The number of halogens is 1. The normalized spacial score (nSPS) is 20.0. The standard InChI is InChI=1S/C27H37FN6O4/c1-17(2)22-20-7-6-8-21(28)23(20)34(30-22)25-29-24(38-31-25)18-9-11-32(12-10-18)15-19-16-33(13-14-36-19)26(35)37-27(3,4)5/h6-8,17-19H,9-16H2,1-5H3. The molecule has 2 saturated heterocycles. The molecule has 2 aromatic heterocycles. The van der Waals surface area contributed by atoms with Crippen molar-refractivity contribution in [2.45, 2.75) is 71.0 Å². The van der Waals surface area contributed by atoms with E-state index in [0.29, 0.717) is 31.1 Å². The van der Waals surface area contributed by atoms with E-state index in [4.69, 9.17) is 14.0 Å². The van der Waals surface area contributed by atoms with Crippen molar-refractivity contribution < 1.29 is 23.2 Å². The van der Waals surface area contributed by atoms with E-state index in [1.165, 1.54) is 10.7 Å². The Labute approximate surface area is 222 Å². The minimum absolute atomic E-state index is 0.0547. The SMILES string of the molecule is CC(C)c1nn(-c2noc(C3CCN(CC4CN(C(=O)OC(C)(C)C)CCO4)CC3)n2)c2c(F)cccc12. The summed E-state index contributed by atoms with van der Waals surface area (Å²) >= 11 is 0. The summed E-state index contributed by atoms with van der Waals surface area (Å²) in [5.74, 6) is 0.685. The average Bonchev–Trinajstić information content (AvgIpc) is 3.50. The van der Waals surface area contributed by atoms with Crippen molar-refractivity contribution in [3.63, 3.8) is 0 Å². The van der Waals surface area contributed by atoms with Crippen LogP contribution in [0.4, 0.5) is 9.18 Å². The molecule has 0 N–H and O–H groups in total. The second kappa shape index (κ2) is 10.6. The predicted molar refractivity (Wildman–Crippen MR) is 139 cm³/mol. The summed E-state index contributed by atoms with van der Waals surface area (Å²) in [7, 11) is 0. The van der Waals surface area contributed by atoms with E-state index in [9.17, 15) is 9.18 Å². The number of benzene rings is 1. The smallest absolute Gasteiger partial charge is 0.410 e. The minimum atomic E-state index is -0.517. The number of carbonyl (C=O) groups is 1. The highest BCUT2D eigenvalue weighted by Gasteiger charge is 2.32. The van der Waals surface area contributed by atoms with Gasteiger partial charge >= 0.3 is 6.09 Å². The van der Waals surface area contributed by atoms with Gasteiger partial charge in [-0.15, -0.1) is 0 Å². The first kappa shape index (κ1) is 26.6. The Hall–Kier alpha value is -3.05. The van der Waals surface area contributed by atoms with Gasteiger partial charge in [-0.1, -0.05) is 26.0 Å². The molecule has 11 heteroatoms. The highest BCUT2D eigenvalue weighted by molar-refractivity contribution is 5.84. The molecule has 3 aromatic rings. The molecule has 1 amide bonds. The van der Waals surface area contributed by atoms with Gasteiger partial charge in [0.1, 0.15) is 16.9 Å². The summed E-state index contributed by atoms with van der Waals surface area (Å²) in [4.78, 5) is 21.2. The lowest BCUT2D eigenvalue weighted by molar-refractivity contribution is -0.0541. The van der Waals surface area contributed by atoms with Gasteiger partial charge in [0.25, 0.3) is 5.95 Å². The first-order chi connectivity index (χ1) is 18.1. The van der Waals surface area contributed by atoms with E-state index in [2.05, 4.69) is 20.1 Å². The number of piperidine rings is 1. The number of para-hydroxylation sites is 1. The third-order valence-corrected chi connectivity index (χ3v) is 7.04. The second-order valence-electron chi connectivity index (χ2n) is 11.5. The van der Waals surface area contributed by atoms with Crippen LogP contribution in [0.1, 0.15) is 70.9 Å². The average molecular weight is 529 g/mol. The lowest BCUT2D eigenvalue weighted by Gasteiger charge is -2.38. The Morgan fingerprint density at radius 3 is 2.68 bits per heavy atom. The Morgan fingerprint density at radius 1 is 1.21 bits per heavy atom. The summed E-state index contributed by atoms with van der Waals surface area (Å²) in [6.45, 7) is 13.7. The van der Waals surface area contributed by atoms with E-state index in [-0.39, 0.29) is 35.8 Å². The first-order valence-corrected chi connectivity index (χ1v) is 13.4. The maximum absolute atomic E-state index is 14.8. The van der Waals surface area contributed by atoms with Crippen LogP contribution in [-0.2, 0) is 9.47 Å². The van der Waals surface area contributed by atoms with Crippen molar-refractivity contribution in [3.05, 3.63) is 35.6 Å². The fourth-order valence-electron chi connectivity index (χ4n) is 5.17. The summed E-state index contributed by atoms with van der Waals surface area (Å²) in [5, 5.41) is 9.54. The number of amides is 1. The van der Waals surface area contributed by atoms with Gasteiger partial charge in [0.15, 0.2) is 0 Å². The van der Waals surface area contributed by atoms with Crippen LogP contribution in [0.15, 0.2) is 22.7 Å². The van der Waals surface area contributed by atoms with E-state index in [0.717, 1.165) is 43.6 Å². The molecule has 5 rings (SSSR count). The molecule has 0 saturated carbocycles. The lowest BCUT2D eigenvalue weighted by atomic mass is 9.96. The topological polar surface area (TPSA) is 98.8 Å². The number of aromatic nitrogens is 4. The highest BCUT2D eigenvalue weighted by Crippen LogP contribution is 2.31. The molecule has 2 fully saturated rings. The number of hydrogen-bond donors (Lipinski definition) is 0. The molecule has 0 spiro atoms. The molecule has 38 heavy (non-hydrogen) atoms. The molecular formula is C27H37FN6O4. The maximum atomic E-state index is 14.8. The van der Waals surface area contributed by atoms with Crippen LogP contribution < -0.4 is 0 Å². The van der Waals surface area contributed by atoms with Crippen molar-refractivity contribution >= 4 is 17.0 Å². The molecule has 10 nitrogen and oxygen atoms in total. The summed E-state index contributed by atoms with van der Waals surface area (Å²) < 4.78 is 33.3. The lowest BCUT2D eigenvalue weighted by Crippen LogP contribution is -2.51. The third-order valence-electron chi connectivity index (χ3n) is 7.04. The quantitative estimate of drug-likeness (QED) is 0.478. The number of carbonyl (C=O) groups excluding carboxylic acids is 1. The van der Waals surface area contributed by atoms with Crippen molar-refractivity contribution in [1.82, 2.24) is 29.7 Å². The highest BCUT2D eigenvalue weighted by atomic mass is 19.1. The Balaban J connectivity index is 1.20. The number of morpholine rings is 1. The van der Waals surface area contributed by atoms with Crippen LogP contribution in [0.25, 0.3) is 16.9 Å². The van der Waals surface area contributed by atoms with E-state index in [1.807, 2.05) is 40.7 Å². The molecule has 206 valence electrons. The van der Waals surface area contributed by atoms with Gasteiger partial charge in [-0.05, 0) is 63.8 Å². The molecule has 2 aliphatic rings. The van der Waals surface area contributed by atoms with Gasteiger partial charge in [0, 0.05) is 24.4 Å². The number of fused-ring (bicyclic) bond motifs is 1. The van der Waals surface area contributed by atoms with Crippen LogP contribution in [0.2, 0.25) is 0 Å². The summed E-state index contributed by atoms with van der Waals surface area (Å²) in [6.07, 6.45) is 1.37. The minimum Gasteiger partial charge on any atom is -0.444 e. The van der Waals surface area contributed by atoms with Crippen LogP contribution in [0, 0.1) is 5.82 Å². The molecule has 0 aliphatic carbocycles. The van der Waals surface area contributed by atoms with Crippen molar-refractivity contribution in [3.8, 4) is 5.95 Å². The number of likely N-dealkylation sites (tertiary alicyclic amines) is 1. The van der Waals surface area contributed by atoms with Crippen molar-refractivity contribution in [1.29, 1.82) is 0 Å². The number of rotatable bonds is 5. The fourth-order valence-corrected chi connectivity index (χ4v) is 5.17. The third kappa shape index (κ3) is 5.68. The molecule has 0 bridgehead atoms. The van der Waals surface area contributed by atoms with Crippen molar-refractivity contribution in [2.75, 3.05) is 39.3 Å². The zero-order valence-corrected chi connectivity index (χ0v) is 22.8. The molecule has 4 heterocycles. The molecule has 0 radical (unpaired) electrons. The van der Waals surface area contributed by atoms with Gasteiger partial charge in [0.2, 0.25) is 5.89 Å². The van der Waals surface area contributed by atoms with E-state index >= 15 is 0 Å². The van der Waals surface area contributed by atoms with E-state index < -0.39 is 5.60 Å². The van der Waals surface area contributed by atoms with Gasteiger partial charge in [-0.3, -0.25) is 0 Å². The van der Waals surface area contributed by atoms with Gasteiger partial charge in [-0.25, -0.2) is 9.18 Å². The summed E-state index contributed by atoms with van der Waals surface area (Å²) in [5.41, 5.74) is 0.650. The second-order valence-corrected chi connectivity index (χ2v) is 11.5. The predicted octanol–water partition coefficient (Wildman–Crippen LogP) is 4.49. The Morgan fingerprint density at radius 2 is 1.97 bits per heavy atom. The van der Waals surface area contributed by atoms with Crippen LogP contribution in [0.5, 0.6) is 0 Å². The number of ether oxygens (including phenoxy) is 2. The molecule has 1 atom stereocenters. The van der Waals surface area contributed by atoms with Gasteiger partial charge < -0.3 is 23.8 Å². The molecule has 1 aromatic carbocycles. The van der Waals surface area contributed by atoms with E-state index in [1.54, 1.807) is 11.0 Å². The van der Waals surface area contributed by atoms with Crippen molar-refractivity contribution in [2.24, 2.45) is 0 Å². The van der Waals surface area contributed by atoms with Gasteiger partial charge in [0.05, 0.1) is 24.9 Å². The monoisotopic (exact) mass is 528 g/mol. The van der Waals surface area contributed by atoms with Crippen LogP contribution in [0.3, 0.4) is 0 Å². The zero-order chi connectivity index (χ0) is 27.0. The first-order valence-electron chi connectivity index (χ1n) is 13.4. The Bertz CT molecular complexity index is 1270. The largest absolute Gasteiger partial charge is 0.444 e. The van der Waals surface area contributed by atoms with Crippen LogP contribution >= 0.6 is 0 Å². The summed E-state index contributed by atoms with van der Waals surface area (Å²) in [6, 6.07) is 4.99. The fraction of sp³-hybridized carbons (Fsp3) is 0.630. The zero-order valence-electron chi connectivity index (χ0n) is 22.8. The van der Waals surface area contributed by atoms with Gasteiger partial charge in [-0.2, -0.15) is 14.8 Å². The number of hydrogen-bond acceptors (Lipinski definition) is 8. The Kier molecular flexibility index (Phi) is 7.41. The molecule has 1 unspecified atom stereocenters. The maximum Gasteiger partial charge on any atom is 0.410 e. The molecular weight excluding hydrogens is 491 g/mol. The number of nitrogens with zero attached hydrogens (tertiary/aromatic N) is 6.